The van der Waals surface area contributed by atoms with Gasteiger partial charge >= 0.3 is 0 Å². The fourth-order valence-corrected chi connectivity index (χ4v) is 2.77. The summed E-state index contributed by atoms with van der Waals surface area (Å²) in [6.45, 7) is 0.194. The van der Waals surface area contributed by atoms with Crippen LogP contribution in [0.1, 0.15) is 5.56 Å². The van der Waals surface area contributed by atoms with Gasteiger partial charge in [-0.25, -0.2) is 22.5 Å². The third kappa shape index (κ3) is 4.24. The summed E-state index contributed by atoms with van der Waals surface area (Å²) in [7, 11) is -1.90. The molecule has 5 nitrogen and oxygen atoms in total. The number of hydrogen-bond donors (Lipinski definition) is 2. The zero-order chi connectivity index (χ0) is 15.3. The Balaban J connectivity index is 1.97. The molecule has 1 aromatic carbocycles. The lowest BCUT2D eigenvalue weighted by Gasteiger charge is -2.07. The minimum Gasteiger partial charge on any atom is -0.373 e. The lowest BCUT2D eigenvalue weighted by molar-refractivity contribution is 0.581. The van der Waals surface area contributed by atoms with Crippen molar-refractivity contribution in [2.45, 2.75) is 11.3 Å². The Morgan fingerprint density at radius 1 is 1.24 bits per heavy atom. The number of hydrogen-bond acceptors (Lipinski definition) is 4. The van der Waals surface area contributed by atoms with Crippen molar-refractivity contribution < 1.29 is 12.8 Å². The van der Waals surface area contributed by atoms with E-state index in [-0.39, 0.29) is 17.3 Å². The Hall–Kier alpha value is -1.99. The highest BCUT2D eigenvalue weighted by Crippen LogP contribution is 2.10. The molecule has 2 aromatic rings. The van der Waals surface area contributed by atoms with E-state index in [1.807, 2.05) is 0 Å². The standard InChI is InChI=1S/C14H16FN3O2S/c1-16-14-6-5-13(10-17-14)21(19,20)18-8-7-11-3-2-4-12(15)9-11/h2-6,9-10,18H,7-8H2,1H3,(H,16,17). The molecule has 1 heterocycles. The minimum atomic E-state index is -3.60. The molecule has 1 aromatic heterocycles. The van der Waals surface area contributed by atoms with Gasteiger partial charge in [-0.2, -0.15) is 0 Å². The maximum absolute atomic E-state index is 13.0. The van der Waals surface area contributed by atoms with Crippen molar-refractivity contribution in [2.75, 3.05) is 18.9 Å². The number of halogens is 1. The van der Waals surface area contributed by atoms with Gasteiger partial charge in [0.2, 0.25) is 10.0 Å². The summed E-state index contributed by atoms with van der Waals surface area (Å²) in [5, 5.41) is 2.81. The van der Waals surface area contributed by atoms with Crippen LogP contribution in [0.25, 0.3) is 0 Å². The third-order valence-corrected chi connectivity index (χ3v) is 4.34. The molecule has 0 atom stereocenters. The molecule has 7 heteroatoms. The first-order valence-corrected chi connectivity index (χ1v) is 7.87. The smallest absolute Gasteiger partial charge is 0.242 e. The Labute approximate surface area is 123 Å². The number of rotatable bonds is 6. The van der Waals surface area contributed by atoms with Crippen LogP contribution >= 0.6 is 0 Å². The number of pyridine rings is 1. The summed E-state index contributed by atoms with van der Waals surface area (Å²) >= 11 is 0. The predicted octanol–water partition coefficient (Wildman–Crippen LogP) is 1.78. The van der Waals surface area contributed by atoms with Crippen LogP contribution in [0, 0.1) is 5.82 Å². The van der Waals surface area contributed by atoms with E-state index < -0.39 is 10.0 Å². The van der Waals surface area contributed by atoms with Crippen molar-refractivity contribution in [3.8, 4) is 0 Å². The molecule has 0 aliphatic rings. The van der Waals surface area contributed by atoms with E-state index >= 15 is 0 Å². The molecule has 0 fully saturated rings. The number of nitrogens with one attached hydrogen (secondary N) is 2. The van der Waals surface area contributed by atoms with Gasteiger partial charge in [-0.05, 0) is 36.2 Å². The molecule has 2 N–H and O–H groups in total. The van der Waals surface area contributed by atoms with Gasteiger partial charge in [-0.15, -0.1) is 0 Å². The van der Waals surface area contributed by atoms with Gasteiger partial charge in [-0.3, -0.25) is 0 Å². The first kappa shape index (κ1) is 15.4. The Morgan fingerprint density at radius 3 is 2.67 bits per heavy atom. The van der Waals surface area contributed by atoms with E-state index in [1.165, 1.54) is 24.4 Å². The van der Waals surface area contributed by atoms with Crippen molar-refractivity contribution in [1.82, 2.24) is 9.71 Å². The summed E-state index contributed by atoms with van der Waals surface area (Å²) in [4.78, 5) is 4.06. The molecule has 0 aliphatic carbocycles. The van der Waals surface area contributed by atoms with Crippen molar-refractivity contribution >= 4 is 15.8 Å². The highest BCUT2D eigenvalue weighted by molar-refractivity contribution is 7.89. The molecular weight excluding hydrogens is 293 g/mol. The molecule has 0 spiro atoms. The first-order valence-electron chi connectivity index (χ1n) is 6.39. The Kier molecular flexibility index (Phi) is 4.87. The largest absolute Gasteiger partial charge is 0.373 e. The summed E-state index contributed by atoms with van der Waals surface area (Å²) < 4.78 is 39.6. The first-order chi connectivity index (χ1) is 10.0. The van der Waals surface area contributed by atoms with E-state index in [0.717, 1.165) is 5.56 Å². The Morgan fingerprint density at radius 2 is 2.05 bits per heavy atom. The highest BCUT2D eigenvalue weighted by Gasteiger charge is 2.13. The molecule has 21 heavy (non-hydrogen) atoms. The fraction of sp³-hybridized carbons (Fsp3) is 0.214. The molecule has 0 unspecified atom stereocenters. The number of nitrogens with zero attached hydrogens (tertiary/aromatic N) is 1. The van der Waals surface area contributed by atoms with Crippen molar-refractivity contribution in [2.24, 2.45) is 0 Å². The topological polar surface area (TPSA) is 71.1 Å². The van der Waals surface area contributed by atoms with E-state index in [0.29, 0.717) is 12.2 Å². The monoisotopic (exact) mass is 309 g/mol. The third-order valence-electron chi connectivity index (χ3n) is 2.90. The van der Waals surface area contributed by atoms with Crippen LogP contribution in [0.4, 0.5) is 10.2 Å². The number of anilines is 1. The molecular formula is C14H16FN3O2S. The number of sulfonamides is 1. The molecule has 2 rings (SSSR count). The molecule has 0 saturated heterocycles. The SMILES string of the molecule is CNc1ccc(S(=O)(=O)NCCc2cccc(F)c2)cn1. The van der Waals surface area contributed by atoms with E-state index in [2.05, 4.69) is 15.0 Å². The second kappa shape index (κ2) is 6.64. The molecule has 0 amide bonds. The molecule has 0 aliphatic heterocycles. The maximum Gasteiger partial charge on any atom is 0.242 e. The van der Waals surface area contributed by atoms with Gasteiger partial charge in [0.1, 0.15) is 16.5 Å². The molecule has 0 bridgehead atoms. The van der Waals surface area contributed by atoms with Gasteiger partial charge in [0.15, 0.2) is 0 Å². The molecule has 112 valence electrons. The van der Waals surface area contributed by atoms with E-state index in [9.17, 15) is 12.8 Å². The van der Waals surface area contributed by atoms with Crippen molar-refractivity contribution in [3.05, 3.63) is 54.0 Å². The Bertz CT molecular complexity index is 702. The van der Waals surface area contributed by atoms with E-state index in [1.54, 1.807) is 25.2 Å². The lowest BCUT2D eigenvalue weighted by Crippen LogP contribution is -2.26. The van der Waals surface area contributed by atoms with Gasteiger partial charge in [0, 0.05) is 19.8 Å². The molecule has 0 saturated carbocycles. The van der Waals surface area contributed by atoms with Crippen LogP contribution in [0.3, 0.4) is 0 Å². The fourth-order valence-electron chi connectivity index (χ4n) is 1.79. The summed E-state index contributed by atoms with van der Waals surface area (Å²) in [5.74, 6) is 0.260. The highest BCUT2D eigenvalue weighted by atomic mass is 32.2. The summed E-state index contributed by atoms with van der Waals surface area (Å²) in [6, 6.07) is 9.14. The number of aromatic nitrogens is 1. The van der Waals surface area contributed by atoms with Gasteiger partial charge in [-0.1, -0.05) is 12.1 Å². The van der Waals surface area contributed by atoms with Crippen LogP contribution in [0.5, 0.6) is 0 Å². The zero-order valence-electron chi connectivity index (χ0n) is 11.5. The van der Waals surface area contributed by atoms with Gasteiger partial charge in [0.25, 0.3) is 0 Å². The predicted molar refractivity (Wildman–Crippen MR) is 79.1 cm³/mol. The average Bonchev–Trinajstić information content (AvgIpc) is 2.47. The van der Waals surface area contributed by atoms with Gasteiger partial charge < -0.3 is 5.32 Å². The summed E-state index contributed by atoms with van der Waals surface area (Å²) in [6.07, 6.45) is 1.70. The van der Waals surface area contributed by atoms with Gasteiger partial charge in [0.05, 0.1) is 0 Å². The summed E-state index contributed by atoms with van der Waals surface area (Å²) in [5.41, 5.74) is 0.737. The van der Waals surface area contributed by atoms with Crippen LogP contribution in [-0.4, -0.2) is 27.0 Å². The second-order valence-corrected chi connectivity index (χ2v) is 6.17. The number of benzene rings is 1. The van der Waals surface area contributed by atoms with Crippen LogP contribution in [-0.2, 0) is 16.4 Å². The maximum atomic E-state index is 13.0. The van der Waals surface area contributed by atoms with E-state index in [4.69, 9.17) is 0 Å². The van der Waals surface area contributed by atoms with Crippen LogP contribution in [0.15, 0.2) is 47.5 Å². The van der Waals surface area contributed by atoms with Crippen molar-refractivity contribution in [3.63, 3.8) is 0 Å². The second-order valence-electron chi connectivity index (χ2n) is 4.41. The lowest BCUT2D eigenvalue weighted by atomic mass is 10.1. The van der Waals surface area contributed by atoms with Crippen LogP contribution < -0.4 is 10.0 Å². The quantitative estimate of drug-likeness (QED) is 0.853. The van der Waals surface area contributed by atoms with Crippen LogP contribution in [0.2, 0.25) is 0 Å². The molecule has 0 radical (unpaired) electrons. The zero-order valence-corrected chi connectivity index (χ0v) is 12.3. The average molecular weight is 309 g/mol. The van der Waals surface area contributed by atoms with Crippen molar-refractivity contribution in [1.29, 1.82) is 0 Å². The minimum absolute atomic E-state index is 0.0979. The normalized spacial score (nSPS) is 11.3.